The van der Waals surface area contributed by atoms with Gasteiger partial charge >= 0.3 is 5.97 Å². The van der Waals surface area contributed by atoms with Crippen molar-refractivity contribution in [3.8, 4) is 0 Å². The van der Waals surface area contributed by atoms with Gasteiger partial charge in [0.2, 0.25) is 0 Å². The van der Waals surface area contributed by atoms with Crippen molar-refractivity contribution < 1.29 is 14.3 Å². The van der Waals surface area contributed by atoms with Crippen LogP contribution in [0.15, 0.2) is 24.3 Å². The summed E-state index contributed by atoms with van der Waals surface area (Å²) in [6, 6.07) is 5.35. The van der Waals surface area contributed by atoms with Crippen molar-refractivity contribution in [2.45, 2.75) is 25.3 Å². The highest BCUT2D eigenvalue weighted by molar-refractivity contribution is 5.77. The highest BCUT2D eigenvalue weighted by atomic mass is 19.1. The van der Waals surface area contributed by atoms with Gasteiger partial charge in [0.25, 0.3) is 0 Å². The molecule has 1 aliphatic rings. The third kappa shape index (κ3) is 1.50. The molecule has 1 fully saturated rings. The second-order valence-corrected chi connectivity index (χ2v) is 4.31. The van der Waals surface area contributed by atoms with Gasteiger partial charge in [-0.1, -0.05) is 24.6 Å². The molecule has 0 aliphatic heterocycles. The van der Waals surface area contributed by atoms with Crippen LogP contribution in [0.3, 0.4) is 0 Å². The predicted octanol–water partition coefficient (Wildman–Crippen LogP) is 2.08. The molecule has 1 aromatic rings. The predicted molar refractivity (Wildman–Crippen MR) is 57.2 cm³/mol. The quantitative estimate of drug-likeness (QED) is 0.824. The van der Waals surface area contributed by atoms with Crippen LogP contribution in [0, 0.1) is 11.2 Å². The number of rotatable bonds is 3. The Kier molecular flexibility index (Phi) is 2.68. The first kappa shape index (κ1) is 11.1. The molecule has 3 nitrogen and oxygen atoms in total. The number of carboxylic acid groups (broad SMARTS) is 1. The van der Waals surface area contributed by atoms with Gasteiger partial charge < -0.3 is 10.8 Å². The summed E-state index contributed by atoms with van der Waals surface area (Å²) in [6.45, 7) is 0. The molecule has 86 valence electrons. The monoisotopic (exact) mass is 223 g/mol. The molecular formula is C12H14FNO2. The molecule has 4 heteroatoms. The molecule has 16 heavy (non-hydrogen) atoms. The molecule has 0 radical (unpaired) electrons. The van der Waals surface area contributed by atoms with Crippen LogP contribution in [0.4, 0.5) is 4.39 Å². The lowest BCUT2D eigenvalue weighted by molar-refractivity contribution is -0.156. The molecular weight excluding hydrogens is 209 g/mol. The Morgan fingerprint density at radius 2 is 2.06 bits per heavy atom. The SMILES string of the molecule is NC(c1ccccc1F)C1(C(=O)O)CCC1. The minimum absolute atomic E-state index is 0.296. The van der Waals surface area contributed by atoms with E-state index in [1.165, 1.54) is 6.07 Å². The summed E-state index contributed by atoms with van der Waals surface area (Å²) in [6.07, 6.45) is 1.89. The third-order valence-corrected chi connectivity index (χ3v) is 3.51. The lowest BCUT2D eigenvalue weighted by atomic mass is 9.62. The number of carboxylic acids is 1. The van der Waals surface area contributed by atoms with Crippen LogP contribution in [0.25, 0.3) is 0 Å². The summed E-state index contributed by atoms with van der Waals surface area (Å²) in [4.78, 5) is 11.2. The summed E-state index contributed by atoms with van der Waals surface area (Å²) >= 11 is 0. The van der Waals surface area contributed by atoms with E-state index in [0.717, 1.165) is 6.42 Å². The van der Waals surface area contributed by atoms with E-state index in [0.29, 0.717) is 18.4 Å². The van der Waals surface area contributed by atoms with E-state index in [2.05, 4.69) is 0 Å². The maximum atomic E-state index is 13.5. The Morgan fingerprint density at radius 3 is 2.50 bits per heavy atom. The van der Waals surface area contributed by atoms with Crippen molar-refractivity contribution >= 4 is 5.97 Å². The van der Waals surface area contributed by atoms with Crippen LogP contribution in [0.5, 0.6) is 0 Å². The van der Waals surface area contributed by atoms with Crippen molar-refractivity contribution in [2.24, 2.45) is 11.1 Å². The van der Waals surface area contributed by atoms with Gasteiger partial charge in [0.1, 0.15) is 5.82 Å². The maximum Gasteiger partial charge on any atom is 0.311 e. The second kappa shape index (κ2) is 3.87. The maximum absolute atomic E-state index is 13.5. The number of carbonyl (C=O) groups is 1. The van der Waals surface area contributed by atoms with E-state index in [4.69, 9.17) is 5.73 Å². The third-order valence-electron chi connectivity index (χ3n) is 3.51. The molecule has 1 aromatic carbocycles. The summed E-state index contributed by atoms with van der Waals surface area (Å²) in [5.41, 5.74) is 5.24. The highest BCUT2D eigenvalue weighted by Gasteiger charge is 2.50. The molecule has 0 bridgehead atoms. The molecule has 2 rings (SSSR count). The van der Waals surface area contributed by atoms with Gasteiger partial charge in [-0.2, -0.15) is 0 Å². The van der Waals surface area contributed by atoms with Crippen LogP contribution < -0.4 is 5.73 Å². The molecule has 0 amide bonds. The van der Waals surface area contributed by atoms with Crippen molar-refractivity contribution in [3.05, 3.63) is 35.6 Å². The van der Waals surface area contributed by atoms with E-state index in [9.17, 15) is 14.3 Å². The molecule has 0 spiro atoms. The topological polar surface area (TPSA) is 63.3 Å². The molecule has 0 aromatic heterocycles. The first-order valence-corrected chi connectivity index (χ1v) is 5.31. The standard InChI is InChI=1S/C12H14FNO2/c13-9-5-2-1-4-8(9)10(14)12(11(15)16)6-3-7-12/h1-2,4-5,10H,3,6-7,14H2,(H,15,16). The molecule has 1 atom stereocenters. The zero-order valence-electron chi connectivity index (χ0n) is 8.82. The molecule has 0 heterocycles. The molecule has 1 aliphatic carbocycles. The first-order chi connectivity index (χ1) is 7.58. The average molecular weight is 223 g/mol. The normalized spacial score (nSPS) is 19.9. The number of halogens is 1. The Morgan fingerprint density at radius 1 is 1.44 bits per heavy atom. The van der Waals surface area contributed by atoms with Crippen LogP contribution in [-0.4, -0.2) is 11.1 Å². The Labute approximate surface area is 93.1 Å². The van der Waals surface area contributed by atoms with Gasteiger partial charge in [-0.15, -0.1) is 0 Å². The van der Waals surface area contributed by atoms with Crippen LogP contribution in [0.1, 0.15) is 30.9 Å². The van der Waals surface area contributed by atoms with Crippen LogP contribution in [-0.2, 0) is 4.79 Å². The Bertz CT molecular complexity index is 415. The van der Waals surface area contributed by atoms with E-state index in [-0.39, 0.29) is 0 Å². The van der Waals surface area contributed by atoms with Crippen LogP contribution >= 0.6 is 0 Å². The molecule has 1 saturated carbocycles. The van der Waals surface area contributed by atoms with Crippen molar-refractivity contribution in [3.63, 3.8) is 0 Å². The Balaban J connectivity index is 2.35. The average Bonchev–Trinajstić information content (AvgIpc) is 2.15. The minimum atomic E-state index is -0.970. The van der Waals surface area contributed by atoms with Gasteiger partial charge in [-0.05, 0) is 18.9 Å². The number of hydrogen-bond acceptors (Lipinski definition) is 2. The summed E-state index contributed by atoms with van der Waals surface area (Å²) in [7, 11) is 0. The minimum Gasteiger partial charge on any atom is -0.481 e. The largest absolute Gasteiger partial charge is 0.481 e. The van der Waals surface area contributed by atoms with Gasteiger partial charge in [0.05, 0.1) is 5.41 Å². The van der Waals surface area contributed by atoms with Gasteiger partial charge in [-0.3, -0.25) is 4.79 Å². The van der Waals surface area contributed by atoms with Gasteiger partial charge in [0, 0.05) is 11.6 Å². The molecule has 3 N–H and O–H groups in total. The van der Waals surface area contributed by atoms with Crippen LogP contribution in [0.2, 0.25) is 0 Å². The fourth-order valence-corrected chi connectivity index (χ4v) is 2.24. The fourth-order valence-electron chi connectivity index (χ4n) is 2.24. The van der Waals surface area contributed by atoms with E-state index in [1.807, 2.05) is 0 Å². The van der Waals surface area contributed by atoms with Crippen molar-refractivity contribution in [2.75, 3.05) is 0 Å². The fraction of sp³-hybridized carbons (Fsp3) is 0.417. The highest BCUT2D eigenvalue weighted by Crippen LogP contribution is 2.49. The summed E-state index contributed by atoms with van der Waals surface area (Å²) in [5.74, 6) is -1.35. The lowest BCUT2D eigenvalue weighted by Crippen LogP contribution is -2.47. The Hall–Kier alpha value is -1.42. The summed E-state index contributed by atoms with van der Waals surface area (Å²) in [5, 5.41) is 9.20. The van der Waals surface area contributed by atoms with Gasteiger partial charge in [-0.25, -0.2) is 4.39 Å². The molecule has 1 unspecified atom stereocenters. The first-order valence-electron chi connectivity index (χ1n) is 5.31. The molecule has 0 saturated heterocycles. The summed E-state index contributed by atoms with van der Waals surface area (Å²) < 4.78 is 13.5. The van der Waals surface area contributed by atoms with E-state index >= 15 is 0 Å². The van der Waals surface area contributed by atoms with Crippen molar-refractivity contribution in [1.82, 2.24) is 0 Å². The van der Waals surface area contributed by atoms with E-state index < -0.39 is 23.2 Å². The van der Waals surface area contributed by atoms with E-state index in [1.54, 1.807) is 18.2 Å². The number of nitrogens with two attached hydrogens (primary N) is 1. The smallest absolute Gasteiger partial charge is 0.311 e. The second-order valence-electron chi connectivity index (χ2n) is 4.31. The number of hydrogen-bond donors (Lipinski definition) is 2. The number of benzene rings is 1. The number of aliphatic carboxylic acids is 1. The lowest BCUT2D eigenvalue weighted by Gasteiger charge is -2.42. The zero-order chi connectivity index (χ0) is 11.8. The zero-order valence-corrected chi connectivity index (χ0v) is 8.82. The van der Waals surface area contributed by atoms with Gasteiger partial charge in [0.15, 0.2) is 0 Å². The van der Waals surface area contributed by atoms with Crippen molar-refractivity contribution in [1.29, 1.82) is 0 Å².